The zero-order chi connectivity index (χ0) is 12.8. The van der Waals surface area contributed by atoms with Crippen LogP contribution in [0.15, 0.2) is 36.9 Å². The molecule has 0 bridgehead atoms. The molecule has 6 nitrogen and oxygen atoms in total. The van der Waals surface area contributed by atoms with Crippen molar-refractivity contribution in [1.29, 1.82) is 0 Å². The fourth-order valence-corrected chi connectivity index (χ4v) is 2.13. The van der Waals surface area contributed by atoms with Crippen molar-refractivity contribution in [2.45, 2.75) is 0 Å². The number of rotatable bonds is 1. The Kier molecular flexibility index (Phi) is 1.94. The normalized spacial score (nSPS) is 11.4. The lowest BCUT2D eigenvalue weighted by Crippen LogP contribution is -1.91. The van der Waals surface area contributed by atoms with Crippen LogP contribution in [0.4, 0.5) is 0 Å². The third-order valence-corrected chi connectivity index (χ3v) is 3.18. The Labute approximate surface area is 108 Å². The minimum Gasteiger partial charge on any atom is -0.331 e. The van der Waals surface area contributed by atoms with Crippen LogP contribution in [0.5, 0.6) is 0 Å². The van der Waals surface area contributed by atoms with Gasteiger partial charge in [-0.2, -0.15) is 5.10 Å². The Bertz CT molecular complexity index is 888. The molecule has 1 aromatic carbocycles. The minimum absolute atomic E-state index is 0.669. The van der Waals surface area contributed by atoms with Gasteiger partial charge in [0.15, 0.2) is 11.5 Å². The number of aromatic nitrogens is 6. The van der Waals surface area contributed by atoms with Crippen LogP contribution in [0, 0.1) is 0 Å². The molecule has 4 rings (SSSR count). The maximum Gasteiger partial charge on any atom is 0.181 e. The van der Waals surface area contributed by atoms with Crippen molar-refractivity contribution in [2.24, 2.45) is 7.05 Å². The number of nitrogens with zero attached hydrogens (tertiary/aromatic N) is 5. The molecular weight excluding hydrogens is 240 g/mol. The van der Waals surface area contributed by atoms with Gasteiger partial charge in [0.1, 0.15) is 5.52 Å². The van der Waals surface area contributed by atoms with Gasteiger partial charge in [-0.05, 0) is 6.07 Å². The molecule has 0 atom stereocenters. The van der Waals surface area contributed by atoms with Gasteiger partial charge >= 0.3 is 0 Å². The van der Waals surface area contributed by atoms with Crippen LogP contribution in [0.1, 0.15) is 0 Å². The molecule has 1 N–H and O–H groups in total. The maximum atomic E-state index is 4.48. The number of fused-ring (bicyclic) bond motifs is 2. The summed E-state index contributed by atoms with van der Waals surface area (Å²) in [5.74, 6) is 0.669. The molecule has 92 valence electrons. The number of imidazole rings is 1. The molecule has 6 heteroatoms. The molecule has 19 heavy (non-hydrogen) atoms. The molecule has 0 unspecified atom stereocenters. The fourth-order valence-electron chi connectivity index (χ4n) is 2.13. The predicted octanol–water partition coefficient (Wildman–Crippen LogP) is 1.91. The predicted molar refractivity (Wildman–Crippen MR) is 71.4 cm³/mol. The smallest absolute Gasteiger partial charge is 0.181 e. The average molecular weight is 250 g/mol. The van der Waals surface area contributed by atoms with Crippen molar-refractivity contribution in [3.8, 4) is 11.4 Å². The van der Waals surface area contributed by atoms with Gasteiger partial charge in [-0.1, -0.05) is 12.1 Å². The van der Waals surface area contributed by atoms with Crippen molar-refractivity contribution >= 4 is 22.1 Å². The Morgan fingerprint density at radius 1 is 1.16 bits per heavy atom. The first kappa shape index (κ1) is 10.2. The summed E-state index contributed by atoms with van der Waals surface area (Å²) < 4.78 is 1.90. The summed E-state index contributed by atoms with van der Waals surface area (Å²) in [6.45, 7) is 0. The van der Waals surface area contributed by atoms with Crippen LogP contribution in [0.25, 0.3) is 33.5 Å². The molecule has 3 heterocycles. The third kappa shape index (κ3) is 1.50. The van der Waals surface area contributed by atoms with E-state index in [0.717, 1.165) is 22.0 Å². The van der Waals surface area contributed by atoms with Crippen LogP contribution in [0.3, 0.4) is 0 Å². The quantitative estimate of drug-likeness (QED) is 0.560. The number of hydrogen-bond acceptors (Lipinski definition) is 4. The minimum atomic E-state index is 0.669. The van der Waals surface area contributed by atoms with E-state index in [1.54, 1.807) is 18.7 Å². The SMILES string of the molecule is Cn1cnc2nc(-c3ccc4cn[nH]c4c3)ncc21. The van der Waals surface area contributed by atoms with E-state index >= 15 is 0 Å². The fraction of sp³-hybridized carbons (Fsp3) is 0.0769. The molecule has 0 radical (unpaired) electrons. The van der Waals surface area contributed by atoms with E-state index in [1.807, 2.05) is 29.8 Å². The van der Waals surface area contributed by atoms with Crippen LogP contribution < -0.4 is 0 Å². The lowest BCUT2D eigenvalue weighted by atomic mass is 10.1. The van der Waals surface area contributed by atoms with Crippen molar-refractivity contribution in [1.82, 2.24) is 29.7 Å². The molecule has 3 aromatic heterocycles. The van der Waals surface area contributed by atoms with E-state index in [-0.39, 0.29) is 0 Å². The van der Waals surface area contributed by atoms with Crippen molar-refractivity contribution in [3.05, 3.63) is 36.9 Å². The zero-order valence-electron chi connectivity index (χ0n) is 10.2. The molecule has 0 aliphatic carbocycles. The monoisotopic (exact) mass is 250 g/mol. The highest BCUT2D eigenvalue weighted by Crippen LogP contribution is 2.21. The summed E-state index contributed by atoms with van der Waals surface area (Å²) in [7, 11) is 1.93. The number of benzene rings is 1. The van der Waals surface area contributed by atoms with E-state index < -0.39 is 0 Å². The summed E-state index contributed by atoms with van der Waals surface area (Å²) >= 11 is 0. The summed E-state index contributed by atoms with van der Waals surface area (Å²) in [5, 5.41) is 8.03. The van der Waals surface area contributed by atoms with E-state index in [1.165, 1.54) is 0 Å². The largest absolute Gasteiger partial charge is 0.331 e. The molecule has 0 aliphatic rings. The number of aromatic amines is 1. The van der Waals surface area contributed by atoms with Gasteiger partial charge < -0.3 is 4.57 Å². The van der Waals surface area contributed by atoms with Gasteiger partial charge in [-0.25, -0.2) is 15.0 Å². The van der Waals surface area contributed by atoms with Crippen LogP contribution >= 0.6 is 0 Å². The van der Waals surface area contributed by atoms with Gasteiger partial charge in [0.05, 0.1) is 24.2 Å². The Balaban J connectivity index is 1.92. The van der Waals surface area contributed by atoms with Crippen molar-refractivity contribution in [2.75, 3.05) is 0 Å². The number of hydrogen-bond donors (Lipinski definition) is 1. The van der Waals surface area contributed by atoms with E-state index in [2.05, 4.69) is 25.1 Å². The van der Waals surface area contributed by atoms with Gasteiger partial charge in [0, 0.05) is 18.0 Å². The van der Waals surface area contributed by atoms with Crippen LogP contribution in [0.2, 0.25) is 0 Å². The molecular formula is C13H10N6. The van der Waals surface area contributed by atoms with Crippen LogP contribution in [-0.4, -0.2) is 29.7 Å². The summed E-state index contributed by atoms with van der Waals surface area (Å²) in [6, 6.07) is 5.98. The topological polar surface area (TPSA) is 72.3 Å². The van der Waals surface area contributed by atoms with Gasteiger partial charge in [0.25, 0.3) is 0 Å². The molecule has 4 aromatic rings. The Morgan fingerprint density at radius 2 is 2.11 bits per heavy atom. The lowest BCUT2D eigenvalue weighted by molar-refractivity contribution is 0.944. The third-order valence-electron chi connectivity index (χ3n) is 3.18. The summed E-state index contributed by atoms with van der Waals surface area (Å²) in [4.78, 5) is 13.1. The summed E-state index contributed by atoms with van der Waals surface area (Å²) in [6.07, 6.45) is 5.32. The molecule has 0 saturated carbocycles. The molecule has 0 spiro atoms. The number of H-pyrrole nitrogens is 1. The maximum absolute atomic E-state index is 4.48. The van der Waals surface area contributed by atoms with Crippen LogP contribution in [-0.2, 0) is 7.05 Å². The number of aryl methyl sites for hydroxylation is 1. The first-order valence-electron chi connectivity index (χ1n) is 5.89. The number of nitrogens with one attached hydrogen (secondary N) is 1. The Morgan fingerprint density at radius 3 is 3.05 bits per heavy atom. The van der Waals surface area contributed by atoms with Crippen molar-refractivity contribution in [3.63, 3.8) is 0 Å². The highest BCUT2D eigenvalue weighted by molar-refractivity contribution is 5.83. The standard InChI is InChI=1S/C13H10N6/c1-19-7-15-13-11(19)6-14-12(17-13)8-2-3-9-5-16-18-10(9)4-8/h2-7H,1H3,(H,16,18). The van der Waals surface area contributed by atoms with E-state index in [0.29, 0.717) is 11.5 Å². The Hall–Kier alpha value is -2.76. The second kappa shape index (κ2) is 3.61. The van der Waals surface area contributed by atoms with E-state index in [9.17, 15) is 0 Å². The highest BCUT2D eigenvalue weighted by Gasteiger charge is 2.07. The molecule has 0 aliphatic heterocycles. The molecule has 0 amide bonds. The highest BCUT2D eigenvalue weighted by atomic mass is 15.1. The second-order valence-electron chi connectivity index (χ2n) is 4.43. The second-order valence-corrected chi connectivity index (χ2v) is 4.43. The molecule has 0 saturated heterocycles. The van der Waals surface area contributed by atoms with Gasteiger partial charge in [-0.3, -0.25) is 5.10 Å². The van der Waals surface area contributed by atoms with E-state index in [4.69, 9.17) is 0 Å². The lowest BCUT2D eigenvalue weighted by Gasteiger charge is -2.00. The zero-order valence-corrected chi connectivity index (χ0v) is 10.2. The average Bonchev–Trinajstić information content (AvgIpc) is 3.04. The van der Waals surface area contributed by atoms with Crippen molar-refractivity contribution < 1.29 is 0 Å². The first-order chi connectivity index (χ1) is 9.31. The first-order valence-corrected chi connectivity index (χ1v) is 5.89. The summed E-state index contributed by atoms with van der Waals surface area (Å²) in [5.41, 5.74) is 3.55. The van der Waals surface area contributed by atoms with Gasteiger partial charge in [0.2, 0.25) is 0 Å². The molecule has 0 fully saturated rings. The van der Waals surface area contributed by atoms with Gasteiger partial charge in [-0.15, -0.1) is 0 Å².